The number of nitrogens with one attached hydrogen (secondary N) is 1. The molecule has 1 aliphatic carbocycles. The van der Waals surface area contributed by atoms with Crippen molar-refractivity contribution >= 4 is 15.9 Å². The fourth-order valence-electron chi connectivity index (χ4n) is 3.29. The zero-order valence-corrected chi connectivity index (χ0v) is 13.9. The van der Waals surface area contributed by atoms with E-state index >= 15 is 0 Å². The van der Waals surface area contributed by atoms with Gasteiger partial charge in [-0.25, -0.2) is 0 Å². The summed E-state index contributed by atoms with van der Waals surface area (Å²) in [6, 6.07) is 6.25. The minimum atomic E-state index is 0.306. The molecule has 0 spiro atoms. The first-order chi connectivity index (χ1) is 9.63. The fraction of sp³-hybridized carbons (Fsp3) is 0.625. The van der Waals surface area contributed by atoms with E-state index in [-0.39, 0.29) is 0 Å². The van der Waals surface area contributed by atoms with E-state index in [0.717, 1.165) is 37.8 Å². The molecule has 0 aromatic heterocycles. The maximum atomic E-state index is 5.36. The van der Waals surface area contributed by atoms with Crippen LogP contribution < -0.4 is 10.1 Å². The van der Waals surface area contributed by atoms with Gasteiger partial charge in [0.1, 0.15) is 5.75 Å². The number of methoxy groups -OCH3 is 1. The number of ether oxygens (including phenoxy) is 1. The van der Waals surface area contributed by atoms with E-state index in [0.29, 0.717) is 5.54 Å². The Labute approximate surface area is 129 Å². The smallest absolute Gasteiger partial charge is 0.119 e. The first-order valence-corrected chi connectivity index (χ1v) is 8.21. The summed E-state index contributed by atoms with van der Waals surface area (Å²) in [5, 5.41) is 3.57. The Morgan fingerprint density at radius 2 is 2.25 bits per heavy atom. The molecule has 0 radical (unpaired) electrons. The Balaban J connectivity index is 1.81. The van der Waals surface area contributed by atoms with Gasteiger partial charge in [-0.3, -0.25) is 4.90 Å². The second-order valence-corrected chi connectivity index (χ2v) is 7.04. The van der Waals surface area contributed by atoms with Gasteiger partial charge in [0, 0.05) is 36.2 Å². The van der Waals surface area contributed by atoms with Gasteiger partial charge in [-0.2, -0.15) is 0 Å². The highest BCUT2D eigenvalue weighted by Gasteiger charge is 2.46. The average molecular weight is 339 g/mol. The SMILES string of the molecule is COc1ccc(Br)c(CN2CCNCC2(C)C2CC2)c1. The van der Waals surface area contributed by atoms with Crippen molar-refractivity contribution in [2.24, 2.45) is 5.92 Å². The van der Waals surface area contributed by atoms with Crippen molar-refractivity contribution in [2.75, 3.05) is 26.7 Å². The summed E-state index contributed by atoms with van der Waals surface area (Å²) in [6.45, 7) is 6.73. The predicted octanol–water partition coefficient (Wildman–Crippen LogP) is 3.03. The van der Waals surface area contributed by atoms with Crippen LogP contribution >= 0.6 is 15.9 Å². The summed E-state index contributed by atoms with van der Waals surface area (Å²) in [4.78, 5) is 2.65. The molecule has 4 heteroatoms. The second-order valence-electron chi connectivity index (χ2n) is 6.19. The summed E-state index contributed by atoms with van der Waals surface area (Å²) >= 11 is 3.68. The van der Waals surface area contributed by atoms with Gasteiger partial charge in [-0.05, 0) is 49.4 Å². The second kappa shape index (κ2) is 5.66. The molecule has 3 nitrogen and oxygen atoms in total. The van der Waals surface area contributed by atoms with Crippen molar-refractivity contribution in [2.45, 2.75) is 31.8 Å². The van der Waals surface area contributed by atoms with Gasteiger partial charge < -0.3 is 10.1 Å². The van der Waals surface area contributed by atoms with Crippen molar-refractivity contribution in [3.63, 3.8) is 0 Å². The highest BCUT2D eigenvalue weighted by molar-refractivity contribution is 9.10. The minimum absolute atomic E-state index is 0.306. The number of hydrogen-bond acceptors (Lipinski definition) is 3. The highest BCUT2D eigenvalue weighted by Crippen LogP contribution is 2.44. The summed E-state index contributed by atoms with van der Waals surface area (Å²) in [6.07, 6.45) is 2.77. The molecule has 0 bridgehead atoms. The van der Waals surface area contributed by atoms with Crippen LogP contribution in [0.15, 0.2) is 22.7 Å². The topological polar surface area (TPSA) is 24.5 Å². The summed E-state index contributed by atoms with van der Waals surface area (Å²) < 4.78 is 6.53. The van der Waals surface area contributed by atoms with Gasteiger partial charge in [0.25, 0.3) is 0 Å². The molecule has 2 aliphatic rings. The monoisotopic (exact) mass is 338 g/mol. The molecule has 1 saturated heterocycles. The first kappa shape index (κ1) is 14.4. The molecule has 2 fully saturated rings. The van der Waals surface area contributed by atoms with Gasteiger partial charge in [0.2, 0.25) is 0 Å². The Morgan fingerprint density at radius 3 is 2.95 bits per heavy atom. The zero-order valence-electron chi connectivity index (χ0n) is 12.3. The maximum Gasteiger partial charge on any atom is 0.119 e. The lowest BCUT2D eigenvalue weighted by Gasteiger charge is -2.46. The number of nitrogens with zero attached hydrogens (tertiary/aromatic N) is 1. The van der Waals surface area contributed by atoms with E-state index < -0.39 is 0 Å². The Hall–Kier alpha value is -0.580. The average Bonchev–Trinajstić information content (AvgIpc) is 3.28. The van der Waals surface area contributed by atoms with Gasteiger partial charge in [-0.1, -0.05) is 15.9 Å². The van der Waals surface area contributed by atoms with Crippen LogP contribution in [-0.4, -0.2) is 37.2 Å². The fourth-order valence-corrected chi connectivity index (χ4v) is 3.67. The molecule has 1 aliphatic heterocycles. The van der Waals surface area contributed by atoms with Crippen LogP contribution in [0.4, 0.5) is 0 Å². The lowest BCUT2D eigenvalue weighted by Crippen LogP contribution is -2.60. The molecular weight excluding hydrogens is 316 g/mol. The standard InChI is InChI=1S/C16H23BrN2O/c1-16(13-3-4-13)11-18-7-8-19(16)10-12-9-14(20-2)5-6-15(12)17/h5-6,9,13,18H,3-4,7-8,10-11H2,1-2H3. The van der Waals surface area contributed by atoms with Crippen molar-refractivity contribution in [1.82, 2.24) is 10.2 Å². The van der Waals surface area contributed by atoms with Crippen LogP contribution in [0, 0.1) is 5.92 Å². The van der Waals surface area contributed by atoms with E-state index in [1.54, 1.807) is 7.11 Å². The highest BCUT2D eigenvalue weighted by atomic mass is 79.9. The van der Waals surface area contributed by atoms with E-state index in [1.807, 2.05) is 6.07 Å². The molecule has 1 N–H and O–H groups in total. The lowest BCUT2D eigenvalue weighted by atomic mass is 9.90. The molecular formula is C16H23BrN2O. The van der Waals surface area contributed by atoms with Crippen molar-refractivity contribution < 1.29 is 4.74 Å². The molecule has 0 amide bonds. The van der Waals surface area contributed by atoms with E-state index in [2.05, 4.69) is 45.2 Å². The van der Waals surface area contributed by atoms with E-state index in [9.17, 15) is 0 Å². The van der Waals surface area contributed by atoms with E-state index in [4.69, 9.17) is 4.74 Å². The lowest BCUT2D eigenvalue weighted by molar-refractivity contribution is 0.0482. The molecule has 1 aromatic rings. The van der Waals surface area contributed by atoms with Gasteiger partial charge in [0.05, 0.1) is 7.11 Å². The van der Waals surface area contributed by atoms with Crippen LogP contribution in [0.5, 0.6) is 5.75 Å². The van der Waals surface area contributed by atoms with Crippen LogP contribution in [0.2, 0.25) is 0 Å². The third-order valence-electron chi connectivity index (χ3n) is 4.83. The Bertz CT molecular complexity index is 489. The molecule has 20 heavy (non-hydrogen) atoms. The summed E-state index contributed by atoms with van der Waals surface area (Å²) in [5.74, 6) is 1.80. The van der Waals surface area contributed by atoms with Gasteiger partial charge in [-0.15, -0.1) is 0 Å². The first-order valence-electron chi connectivity index (χ1n) is 7.41. The van der Waals surface area contributed by atoms with E-state index in [1.165, 1.54) is 22.9 Å². The minimum Gasteiger partial charge on any atom is -0.497 e. The normalized spacial score (nSPS) is 27.6. The number of halogens is 1. The molecule has 1 unspecified atom stereocenters. The summed E-state index contributed by atoms with van der Waals surface area (Å²) in [7, 11) is 1.73. The van der Waals surface area contributed by atoms with Gasteiger partial charge >= 0.3 is 0 Å². The number of hydrogen-bond donors (Lipinski definition) is 1. The van der Waals surface area contributed by atoms with Gasteiger partial charge in [0.15, 0.2) is 0 Å². The van der Waals surface area contributed by atoms with Crippen molar-refractivity contribution in [3.05, 3.63) is 28.2 Å². The quantitative estimate of drug-likeness (QED) is 0.913. The zero-order chi connectivity index (χ0) is 14.2. The molecule has 1 aromatic carbocycles. The predicted molar refractivity (Wildman–Crippen MR) is 85.1 cm³/mol. The van der Waals surface area contributed by atoms with Crippen molar-refractivity contribution in [1.29, 1.82) is 0 Å². The third kappa shape index (κ3) is 2.74. The van der Waals surface area contributed by atoms with Crippen LogP contribution in [-0.2, 0) is 6.54 Å². The molecule has 1 saturated carbocycles. The van der Waals surface area contributed by atoms with Crippen LogP contribution in [0.1, 0.15) is 25.3 Å². The third-order valence-corrected chi connectivity index (χ3v) is 5.61. The maximum absolute atomic E-state index is 5.36. The molecule has 1 atom stereocenters. The number of piperazine rings is 1. The number of benzene rings is 1. The van der Waals surface area contributed by atoms with Crippen LogP contribution in [0.25, 0.3) is 0 Å². The number of rotatable bonds is 4. The van der Waals surface area contributed by atoms with Crippen molar-refractivity contribution in [3.8, 4) is 5.75 Å². The summed E-state index contributed by atoms with van der Waals surface area (Å²) in [5.41, 5.74) is 1.62. The Kier molecular flexibility index (Phi) is 4.07. The molecule has 110 valence electrons. The molecule has 3 rings (SSSR count). The van der Waals surface area contributed by atoms with Crippen LogP contribution in [0.3, 0.4) is 0 Å². The molecule has 1 heterocycles. The Morgan fingerprint density at radius 1 is 1.45 bits per heavy atom. The largest absolute Gasteiger partial charge is 0.497 e.